The van der Waals surface area contributed by atoms with Crippen LogP contribution in [0.25, 0.3) is 10.8 Å². The summed E-state index contributed by atoms with van der Waals surface area (Å²) in [7, 11) is 0. The Labute approximate surface area is 115 Å². The lowest BCUT2D eigenvalue weighted by Crippen LogP contribution is -2.21. The van der Waals surface area contributed by atoms with Gasteiger partial charge in [-0.05, 0) is 36.1 Å². The summed E-state index contributed by atoms with van der Waals surface area (Å²) in [4.78, 5) is 4.50. The molecule has 0 bridgehead atoms. The van der Waals surface area contributed by atoms with Crippen LogP contribution in [0.4, 0.5) is 5.82 Å². The molecule has 100 valence electrons. The third-order valence-corrected chi connectivity index (χ3v) is 4.28. The summed E-state index contributed by atoms with van der Waals surface area (Å²) in [5, 5.41) is 6.06. The molecule has 1 fully saturated rings. The fraction of sp³-hybridized carbons (Fsp3) is 0.471. The average Bonchev–Trinajstić information content (AvgIpc) is 2.45. The Morgan fingerprint density at radius 1 is 1.21 bits per heavy atom. The molecule has 1 aromatic carbocycles. The standard InChI is InChI=1S/C17H22N2/c1-13-5-4-6-14(11-13)12-19-17-16-8-3-2-7-15(16)9-10-18-17/h2-3,7-10,13-14H,4-6,11-12H2,1H3,(H,18,19). The highest BCUT2D eigenvalue weighted by molar-refractivity contribution is 5.91. The second-order valence-electron chi connectivity index (χ2n) is 5.90. The maximum Gasteiger partial charge on any atom is 0.133 e. The van der Waals surface area contributed by atoms with Crippen molar-refractivity contribution in [1.29, 1.82) is 0 Å². The second-order valence-corrected chi connectivity index (χ2v) is 5.90. The van der Waals surface area contributed by atoms with Crippen LogP contribution in [0.15, 0.2) is 36.5 Å². The Hall–Kier alpha value is -1.57. The highest BCUT2D eigenvalue weighted by atomic mass is 15.0. The summed E-state index contributed by atoms with van der Waals surface area (Å²) < 4.78 is 0. The summed E-state index contributed by atoms with van der Waals surface area (Å²) in [6, 6.07) is 10.5. The van der Waals surface area contributed by atoms with E-state index in [1.54, 1.807) is 0 Å². The summed E-state index contributed by atoms with van der Waals surface area (Å²) >= 11 is 0. The Morgan fingerprint density at radius 3 is 3.00 bits per heavy atom. The van der Waals surface area contributed by atoms with Crippen LogP contribution >= 0.6 is 0 Å². The van der Waals surface area contributed by atoms with E-state index in [0.29, 0.717) is 0 Å². The zero-order valence-corrected chi connectivity index (χ0v) is 11.6. The summed E-state index contributed by atoms with van der Waals surface area (Å²) in [6.45, 7) is 3.44. The van der Waals surface area contributed by atoms with Gasteiger partial charge in [0.1, 0.15) is 5.82 Å². The number of hydrogen-bond donors (Lipinski definition) is 1. The number of hydrogen-bond acceptors (Lipinski definition) is 2. The topological polar surface area (TPSA) is 24.9 Å². The number of nitrogens with one attached hydrogen (secondary N) is 1. The molecule has 2 atom stereocenters. The number of benzene rings is 1. The van der Waals surface area contributed by atoms with Gasteiger partial charge in [-0.1, -0.05) is 44.0 Å². The first kappa shape index (κ1) is 12.5. The molecule has 0 aliphatic heterocycles. The summed E-state index contributed by atoms with van der Waals surface area (Å²) in [5.74, 6) is 2.74. The molecule has 0 saturated heterocycles. The van der Waals surface area contributed by atoms with Gasteiger partial charge in [0, 0.05) is 18.1 Å². The monoisotopic (exact) mass is 254 g/mol. The van der Waals surface area contributed by atoms with Crippen molar-refractivity contribution in [1.82, 2.24) is 4.98 Å². The largest absolute Gasteiger partial charge is 0.369 e. The molecular weight excluding hydrogens is 232 g/mol. The number of anilines is 1. The van der Waals surface area contributed by atoms with Gasteiger partial charge in [0.25, 0.3) is 0 Å². The number of fused-ring (bicyclic) bond motifs is 1. The van der Waals surface area contributed by atoms with Gasteiger partial charge < -0.3 is 5.32 Å². The molecule has 2 aromatic rings. The van der Waals surface area contributed by atoms with Gasteiger partial charge in [0.2, 0.25) is 0 Å². The van der Waals surface area contributed by atoms with E-state index in [4.69, 9.17) is 0 Å². The van der Waals surface area contributed by atoms with Crippen LogP contribution in [0.1, 0.15) is 32.6 Å². The van der Waals surface area contributed by atoms with Crippen LogP contribution in [-0.4, -0.2) is 11.5 Å². The van der Waals surface area contributed by atoms with Crippen molar-refractivity contribution < 1.29 is 0 Å². The Morgan fingerprint density at radius 2 is 2.11 bits per heavy atom. The SMILES string of the molecule is CC1CCCC(CNc2nccc3ccccc23)C1. The first-order valence-electron chi connectivity index (χ1n) is 7.40. The molecule has 1 aliphatic rings. The average molecular weight is 254 g/mol. The van der Waals surface area contributed by atoms with Crippen molar-refractivity contribution in [2.75, 3.05) is 11.9 Å². The van der Waals surface area contributed by atoms with Crippen molar-refractivity contribution >= 4 is 16.6 Å². The third kappa shape index (κ3) is 2.89. The van der Waals surface area contributed by atoms with E-state index in [2.05, 4.69) is 47.6 Å². The zero-order chi connectivity index (χ0) is 13.1. The van der Waals surface area contributed by atoms with Gasteiger partial charge >= 0.3 is 0 Å². The Kier molecular flexibility index (Phi) is 3.67. The lowest BCUT2D eigenvalue weighted by atomic mass is 9.82. The lowest BCUT2D eigenvalue weighted by Gasteiger charge is -2.27. The van der Waals surface area contributed by atoms with Gasteiger partial charge in [-0.2, -0.15) is 0 Å². The molecule has 0 radical (unpaired) electrons. The predicted octanol–water partition coefficient (Wildman–Crippen LogP) is 4.47. The molecule has 1 aliphatic carbocycles. The molecular formula is C17H22N2. The molecule has 2 heteroatoms. The fourth-order valence-electron chi connectivity index (χ4n) is 3.25. The van der Waals surface area contributed by atoms with Crippen LogP contribution in [0.3, 0.4) is 0 Å². The minimum atomic E-state index is 0.810. The van der Waals surface area contributed by atoms with Gasteiger partial charge in [0.15, 0.2) is 0 Å². The zero-order valence-electron chi connectivity index (χ0n) is 11.6. The van der Waals surface area contributed by atoms with E-state index in [1.807, 2.05) is 6.20 Å². The van der Waals surface area contributed by atoms with Gasteiger partial charge in [-0.3, -0.25) is 0 Å². The van der Waals surface area contributed by atoms with Crippen LogP contribution in [0.5, 0.6) is 0 Å². The van der Waals surface area contributed by atoms with E-state index in [1.165, 1.54) is 36.5 Å². The van der Waals surface area contributed by atoms with Crippen LogP contribution < -0.4 is 5.32 Å². The molecule has 1 N–H and O–H groups in total. The van der Waals surface area contributed by atoms with E-state index in [9.17, 15) is 0 Å². The highest BCUT2D eigenvalue weighted by Crippen LogP contribution is 2.29. The van der Waals surface area contributed by atoms with Crippen molar-refractivity contribution in [3.63, 3.8) is 0 Å². The molecule has 1 saturated carbocycles. The minimum Gasteiger partial charge on any atom is -0.369 e. The first-order chi connectivity index (χ1) is 9.33. The molecule has 2 nitrogen and oxygen atoms in total. The molecule has 0 spiro atoms. The molecule has 1 aromatic heterocycles. The minimum absolute atomic E-state index is 0.810. The maximum absolute atomic E-state index is 4.50. The van der Waals surface area contributed by atoms with E-state index < -0.39 is 0 Å². The number of pyridine rings is 1. The molecule has 3 rings (SSSR count). The first-order valence-corrected chi connectivity index (χ1v) is 7.40. The van der Waals surface area contributed by atoms with Crippen molar-refractivity contribution in [3.05, 3.63) is 36.5 Å². The van der Waals surface area contributed by atoms with Crippen LogP contribution in [-0.2, 0) is 0 Å². The van der Waals surface area contributed by atoms with Crippen LogP contribution in [0.2, 0.25) is 0 Å². The fourth-order valence-corrected chi connectivity index (χ4v) is 3.25. The number of aromatic nitrogens is 1. The van der Waals surface area contributed by atoms with Crippen molar-refractivity contribution in [3.8, 4) is 0 Å². The second kappa shape index (κ2) is 5.60. The smallest absolute Gasteiger partial charge is 0.133 e. The maximum atomic E-state index is 4.50. The number of nitrogens with zero attached hydrogens (tertiary/aromatic N) is 1. The van der Waals surface area contributed by atoms with E-state index in [0.717, 1.165) is 24.2 Å². The van der Waals surface area contributed by atoms with E-state index in [-0.39, 0.29) is 0 Å². The Balaban J connectivity index is 1.71. The highest BCUT2D eigenvalue weighted by Gasteiger charge is 2.18. The van der Waals surface area contributed by atoms with Gasteiger partial charge in [0.05, 0.1) is 0 Å². The molecule has 1 heterocycles. The van der Waals surface area contributed by atoms with Gasteiger partial charge in [-0.15, -0.1) is 0 Å². The van der Waals surface area contributed by atoms with Crippen LogP contribution in [0, 0.1) is 11.8 Å². The summed E-state index contributed by atoms with van der Waals surface area (Å²) in [6.07, 6.45) is 7.41. The quantitative estimate of drug-likeness (QED) is 0.874. The molecule has 19 heavy (non-hydrogen) atoms. The summed E-state index contributed by atoms with van der Waals surface area (Å²) in [5.41, 5.74) is 0. The lowest BCUT2D eigenvalue weighted by molar-refractivity contribution is 0.293. The predicted molar refractivity (Wildman–Crippen MR) is 81.4 cm³/mol. The normalized spacial score (nSPS) is 23.4. The molecule has 0 amide bonds. The molecule has 2 unspecified atom stereocenters. The van der Waals surface area contributed by atoms with Crippen molar-refractivity contribution in [2.24, 2.45) is 11.8 Å². The number of rotatable bonds is 3. The van der Waals surface area contributed by atoms with Gasteiger partial charge in [-0.25, -0.2) is 4.98 Å². The Bertz CT molecular complexity index is 544. The van der Waals surface area contributed by atoms with E-state index >= 15 is 0 Å². The third-order valence-electron chi connectivity index (χ3n) is 4.28. The van der Waals surface area contributed by atoms with Crippen molar-refractivity contribution in [2.45, 2.75) is 32.6 Å².